The third kappa shape index (κ3) is 4.83. The number of hydrogen-bond donors (Lipinski definition) is 0. The first kappa shape index (κ1) is 19.7. The molecule has 2 heterocycles. The van der Waals surface area contributed by atoms with Gasteiger partial charge in [0.1, 0.15) is 5.75 Å². The van der Waals surface area contributed by atoms with Crippen molar-refractivity contribution in [1.29, 1.82) is 0 Å². The lowest BCUT2D eigenvalue weighted by atomic mass is 10.2. The maximum absolute atomic E-state index is 10.8. The highest BCUT2D eigenvalue weighted by atomic mass is 16.7. The molecule has 4 rings (SSSR count). The molecule has 0 bridgehead atoms. The summed E-state index contributed by atoms with van der Waals surface area (Å²) in [6.45, 7) is 2.73. The topological polar surface area (TPSA) is 133 Å². The van der Waals surface area contributed by atoms with E-state index in [-0.39, 0.29) is 36.7 Å². The molecule has 0 unspecified atom stereocenters. The zero-order valence-electron chi connectivity index (χ0n) is 15.3. The zero-order valence-corrected chi connectivity index (χ0v) is 15.3. The third-order valence-electron chi connectivity index (χ3n) is 3.51. The van der Waals surface area contributed by atoms with Gasteiger partial charge in [-0.3, -0.25) is 19.7 Å². The molecule has 0 spiro atoms. The van der Waals surface area contributed by atoms with E-state index in [0.717, 1.165) is 6.92 Å². The Hall–Kier alpha value is -4.02. The van der Waals surface area contributed by atoms with Crippen LogP contribution in [-0.2, 0) is 9.59 Å². The van der Waals surface area contributed by atoms with Crippen molar-refractivity contribution in [1.82, 2.24) is 0 Å². The fourth-order valence-electron chi connectivity index (χ4n) is 2.40. The Morgan fingerprint density at radius 2 is 1.41 bits per heavy atom. The molecule has 0 atom stereocenters. The predicted octanol–water partition coefficient (Wildman–Crippen LogP) is 2.59. The van der Waals surface area contributed by atoms with Crippen LogP contribution < -0.4 is 28.4 Å². The molecule has 2 aliphatic heterocycles. The number of nitrogens with zero attached hydrogens (tertiary/aromatic N) is 1. The smallest absolute Gasteiger partial charge is 0.315 e. The lowest BCUT2D eigenvalue weighted by Crippen LogP contribution is -2.04. The molecule has 0 aliphatic carbocycles. The number of esters is 2. The van der Waals surface area contributed by atoms with Crippen molar-refractivity contribution in [3.63, 3.8) is 0 Å². The van der Waals surface area contributed by atoms with E-state index in [9.17, 15) is 19.7 Å². The summed E-state index contributed by atoms with van der Waals surface area (Å²) in [6, 6.07) is 7.43. The Bertz CT molecular complexity index is 971. The second-order valence-electron chi connectivity index (χ2n) is 5.63. The first-order chi connectivity index (χ1) is 13.8. The number of nitro benzene ring substituents is 1. The fraction of sp³-hybridized carbons (Fsp3) is 0.222. The van der Waals surface area contributed by atoms with Crippen LogP contribution in [0.1, 0.15) is 13.8 Å². The third-order valence-corrected chi connectivity index (χ3v) is 3.51. The number of fused-ring (bicyclic) bond motifs is 2. The van der Waals surface area contributed by atoms with Crippen molar-refractivity contribution in [3.05, 3.63) is 40.4 Å². The van der Waals surface area contributed by atoms with Crippen molar-refractivity contribution < 1.29 is 42.9 Å². The van der Waals surface area contributed by atoms with Crippen LogP contribution in [0.4, 0.5) is 5.69 Å². The summed E-state index contributed by atoms with van der Waals surface area (Å²) in [6.07, 6.45) is 0. The first-order valence-electron chi connectivity index (χ1n) is 8.18. The van der Waals surface area contributed by atoms with E-state index in [4.69, 9.17) is 28.4 Å². The van der Waals surface area contributed by atoms with Crippen LogP contribution in [0.3, 0.4) is 0 Å². The molecule has 0 fully saturated rings. The number of nitro groups is 1. The van der Waals surface area contributed by atoms with E-state index in [1.54, 1.807) is 18.2 Å². The molecule has 0 saturated carbocycles. The molecule has 0 N–H and O–H groups in total. The van der Waals surface area contributed by atoms with Crippen molar-refractivity contribution in [3.8, 4) is 34.5 Å². The van der Waals surface area contributed by atoms with Crippen molar-refractivity contribution in [2.75, 3.05) is 13.6 Å². The molecule has 11 heteroatoms. The molecular formula is C18H15NO10. The van der Waals surface area contributed by atoms with Crippen LogP contribution >= 0.6 is 0 Å². The SMILES string of the molecule is CC(=O)Oc1cc2c(cc1[N+](=O)[O-])OCO2.CC(=O)Oc1ccc2c(c1)OCO2. The second kappa shape index (κ2) is 8.33. The molecule has 0 radical (unpaired) electrons. The predicted molar refractivity (Wildman–Crippen MR) is 94.4 cm³/mol. The molecule has 29 heavy (non-hydrogen) atoms. The van der Waals surface area contributed by atoms with Crippen molar-refractivity contribution in [2.24, 2.45) is 0 Å². The molecule has 152 valence electrons. The summed E-state index contributed by atoms with van der Waals surface area (Å²) in [5, 5.41) is 10.7. The maximum Gasteiger partial charge on any atom is 0.315 e. The molecule has 0 aromatic heterocycles. The van der Waals surface area contributed by atoms with E-state index < -0.39 is 10.9 Å². The first-order valence-corrected chi connectivity index (χ1v) is 8.18. The van der Waals surface area contributed by atoms with E-state index in [0.29, 0.717) is 23.0 Å². The largest absolute Gasteiger partial charge is 0.454 e. The molecule has 11 nitrogen and oxygen atoms in total. The van der Waals surface area contributed by atoms with Crippen LogP contribution in [0.2, 0.25) is 0 Å². The lowest BCUT2D eigenvalue weighted by Gasteiger charge is -2.03. The second-order valence-corrected chi connectivity index (χ2v) is 5.63. The Morgan fingerprint density at radius 3 is 2.00 bits per heavy atom. The van der Waals surface area contributed by atoms with Gasteiger partial charge in [0, 0.05) is 26.0 Å². The van der Waals surface area contributed by atoms with Crippen LogP contribution in [-0.4, -0.2) is 30.4 Å². The Kier molecular flexibility index (Phi) is 5.67. The minimum atomic E-state index is -0.653. The van der Waals surface area contributed by atoms with E-state index in [1.165, 1.54) is 19.1 Å². The monoisotopic (exact) mass is 405 g/mol. The number of carbonyl (C=O) groups is 2. The highest BCUT2D eigenvalue weighted by Crippen LogP contribution is 2.41. The zero-order chi connectivity index (χ0) is 21.0. The van der Waals surface area contributed by atoms with Gasteiger partial charge in [0.2, 0.25) is 19.3 Å². The van der Waals surface area contributed by atoms with Gasteiger partial charge in [0.05, 0.1) is 11.0 Å². The highest BCUT2D eigenvalue weighted by Gasteiger charge is 2.25. The summed E-state index contributed by atoms with van der Waals surface area (Å²) in [7, 11) is 0. The van der Waals surface area contributed by atoms with E-state index in [1.807, 2.05) is 0 Å². The molecule has 2 aromatic rings. The number of hydrogen-bond acceptors (Lipinski definition) is 10. The van der Waals surface area contributed by atoms with Gasteiger partial charge in [-0.05, 0) is 12.1 Å². The van der Waals surface area contributed by atoms with Crippen LogP contribution in [0.5, 0.6) is 34.5 Å². The average Bonchev–Trinajstić information content (AvgIpc) is 3.28. The Balaban J connectivity index is 0.000000169. The minimum absolute atomic E-state index is 0.00396. The van der Waals surface area contributed by atoms with Gasteiger partial charge in [-0.25, -0.2) is 0 Å². The summed E-state index contributed by atoms with van der Waals surface area (Å²) < 4.78 is 29.8. The quantitative estimate of drug-likeness (QED) is 0.325. The summed E-state index contributed by atoms with van der Waals surface area (Å²) in [5.41, 5.74) is -0.334. The Morgan fingerprint density at radius 1 is 0.862 bits per heavy atom. The fourth-order valence-corrected chi connectivity index (χ4v) is 2.40. The van der Waals surface area contributed by atoms with Crippen molar-refractivity contribution in [2.45, 2.75) is 13.8 Å². The van der Waals surface area contributed by atoms with Gasteiger partial charge < -0.3 is 28.4 Å². The molecule has 2 aliphatic rings. The summed E-state index contributed by atoms with van der Waals surface area (Å²) in [5.74, 6) is 1.21. The van der Waals surface area contributed by atoms with Gasteiger partial charge in [-0.2, -0.15) is 0 Å². The summed E-state index contributed by atoms with van der Waals surface area (Å²) >= 11 is 0. The van der Waals surface area contributed by atoms with E-state index >= 15 is 0 Å². The highest BCUT2D eigenvalue weighted by molar-refractivity contribution is 5.72. The van der Waals surface area contributed by atoms with Gasteiger partial charge >= 0.3 is 17.6 Å². The molecule has 2 aromatic carbocycles. The molecule has 0 saturated heterocycles. The number of rotatable bonds is 3. The number of carbonyl (C=O) groups excluding carboxylic acids is 2. The van der Waals surface area contributed by atoms with Crippen molar-refractivity contribution >= 4 is 17.6 Å². The number of ether oxygens (including phenoxy) is 6. The van der Waals surface area contributed by atoms with Crippen LogP contribution in [0.15, 0.2) is 30.3 Å². The van der Waals surface area contributed by atoms with E-state index in [2.05, 4.69) is 0 Å². The van der Waals surface area contributed by atoms with Crippen LogP contribution in [0.25, 0.3) is 0 Å². The van der Waals surface area contributed by atoms with Gasteiger partial charge in [0.25, 0.3) is 0 Å². The summed E-state index contributed by atoms with van der Waals surface area (Å²) in [4.78, 5) is 31.5. The minimum Gasteiger partial charge on any atom is -0.454 e. The normalized spacial score (nSPS) is 12.5. The number of benzene rings is 2. The molecule has 0 amide bonds. The lowest BCUT2D eigenvalue weighted by molar-refractivity contribution is -0.385. The Labute approximate surface area is 163 Å². The van der Waals surface area contributed by atoms with Crippen LogP contribution in [0, 0.1) is 10.1 Å². The molecular weight excluding hydrogens is 390 g/mol. The van der Waals surface area contributed by atoms with Gasteiger partial charge in [-0.15, -0.1) is 0 Å². The van der Waals surface area contributed by atoms with Gasteiger partial charge in [-0.1, -0.05) is 0 Å². The standard InChI is InChI=1S/C9H7NO6.C9H8O4/c1-5(11)16-7-3-9-8(14-4-15-9)2-6(7)10(12)13;1-6(10)13-7-2-3-8-9(4-7)12-5-11-8/h2-3H,4H2,1H3;2-4H,5H2,1H3. The average molecular weight is 405 g/mol. The van der Waals surface area contributed by atoms with Gasteiger partial charge in [0.15, 0.2) is 23.0 Å². The maximum atomic E-state index is 10.8.